The van der Waals surface area contributed by atoms with Crippen molar-refractivity contribution in [2.75, 3.05) is 45.3 Å². The van der Waals surface area contributed by atoms with Crippen LogP contribution >= 0.6 is 0 Å². The van der Waals surface area contributed by atoms with E-state index in [1.54, 1.807) is 35.6 Å². The molecule has 0 aromatic carbocycles. The number of morpholine rings is 1. The highest BCUT2D eigenvalue weighted by molar-refractivity contribution is 5.77. The maximum atomic E-state index is 12.4. The van der Waals surface area contributed by atoms with E-state index in [0.717, 1.165) is 5.69 Å². The molecule has 8 heteroatoms. The minimum Gasteiger partial charge on any atom is -0.482 e. The van der Waals surface area contributed by atoms with E-state index in [2.05, 4.69) is 15.0 Å². The van der Waals surface area contributed by atoms with E-state index in [4.69, 9.17) is 9.47 Å². The lowest BCUT2D eigenvalue weighted by Gasteiger charge is -2.32. The minimum absolute atomic E-state index is 0.0227. The molecule has 1 atom stereocenters. The highest BCUT2D eigenvalue weighted by atomic mass is 16.5. The van der Waals surface area contributed by atoms with Gasteiger partial charge >= 0.3 is 0 Å². The van der Waals surface area contributed by atoms with E-state index in [1.165, 1.54) is 0 Å². The Balaban J connectivity index is 1.60. The van der Waals surface area contributed by atoms with Crippen molar-refractivity contribution in [2.45, 2.75) is 6.10 Å². The molecule has 0 N–H and O–H groups in total. The summed E-state index contributed by atoms with van der Waals surface area (Å²) in [5.74, 6) is 1.11. The standard InChI is InChI=1S/C17H21N5O3/c1-21(2)17-19-7-5-14(20-17)15-11-22(8-9-24-15)16(23)12-25-13-4-3-6-18-10-13/h3-7,10,15H,8-9,11-12H2,1-2H3. The lowest BCUT2D eigenvalue weighted by molar-refractivity contribution is -0.141. The fourth-order valence-corrected chi connectivity index (χ4v) is 2.48. The number of rotatable bonds is 5. The molecule has 0 saturated carbocycles. The summed E-state index contributed by atoms with van der Waals surface area (Å²) >= 11 is 0. The van der Waals surface area contributed by atoms with Gasteiger partial charge in [0.1, 0.15) is 11.9 Å². The van der Waals surface area contributed by atoms with Crippen LogP contribution in [0, 0.1) is 0 Å². The molecule has 3 heterocycles. The van der Waals surface area contributed by atoms with Crippen LogP contribution in [0.3, 0.4) is 0 Å². The Kier molecular flexibility index (Phi) is 5.39. The summed E-state index contributed by atoms with van der Waals surface area (Å²) in [7, 11) is 3.76. The molecule has 8 nitrogen and oxygen atoms in total. The average Bonchev–Trinajstić information content (AvgIpc) is 2.67. The van der Waals surface area contributed by atoms with Crippen molar-refractivity contribution in [3.63, 3.8) is 0 Å². The second-order valence-corrected chi connectivity index (χ2v) is 5.85. The summed E-state index contributed by atoms with van der Waals surface area (Å²) in [4.78, 5) is 28.6. The van der Waals surface area contributed by atoms with Crippen LogP contribution in [0.4, 0.5) is 5.95 Å². The molecule has 1 aliphatic heterocycles. The number of carbonyl (C=O) groups excluding carboxylic acids is 1. The number of amides is 1. The third-order valence-electron chi connectivity index (χ3n) is 3.81. The summed E-state index contributed by atoms with van der Waals surface area (Å²) < 4.78 is 11.3. The van der Waals surface area contributed by atoms with Crippen molar-refractivity contribution in [2.24, 2.45) is 0 Å². The fourth-order valence-electron chi connectivity index (χ4n) is 2.48. The molecule has 3 rings (SSSR count). The van der Waals surface area contributed by atoms with Crippen molar-refractivity contribution in [1.82, 2.24) is 19.9 Å². The lowest BCUT2D eigenvalue weighted by atomic mass is 10.2. The zero-order valence-electron chi connectivity index (χ0n) is 14.3. The van der Waals surface area contributed by atoms with Gasteiger partial charge in [-0.25, -0.2) is 9.97 Å². The Hall–Kier alpha value is -2.74. The van der Waals surface area contributed by atoms with Gasteiger partial charge in [0.25, 0.3) is 5.91 Å². The van der Waals surface area contributed by atoms with E-state index in [-0.39, 0.29) is 18.6 Å². The van der Waals surface area contributed by atoms with Crippen LogP contribution in [-0.4, -0.2) is 66.2 Å². The Labute approximate surface area is 146 Å². The van der Waals surface area contributed by atoms with E-state index in [0.29, 0.717) is 31.4 Å². The van der Waals surface area contributed by atoms with Crippen LogP contribution < -0.4 is 9.64 Å². The molecule has 0 bridgehead atoms. The topological polar surface area (TPSA) is 80.7 Å². The second kappa shape index (κ2) is 7.89. The van der Waals surface area contributed by atoms with Crippen molar-refractivity contribution in [3.8, 4) is 5.75 Å². The number of carbonyl (C=O) groups is 1. The predicted octanol–water partition coefficient (Wildman–Crippen LogP) is 0.916. The number of hydrogen-bond donors (Lipinski definition) is 0. The molecule has 1 saturated heterocycles. The Morgan fingerprint density at radius 1 is 1.40 bits per heavy atom. The monoisotopic (exact) mass is 343 g/mol. The molecule has 1 aliphatic rings. The van der Waals surface area contributed by atoms with Gasteiger partial charge in [-0.05, 0) is 18.2 Å². The summed E-state index contributed by atoms with van der Waals surface area (Å²) in [5.41, 5.74) is 0.768. The highest BCUT2D eigenvalue weighted by Crippen LogP contribution is 2.21. The van der Waals surface area contributed by atoms with Gasteiger partial charge in [0.15, 0.2) is 6.61 Å². The Morgan fingerprint density at radius 2 is 2.28 bits per heavy atom. The van der Waals surface area contributed by atoms with Gasteiger partial charge in [0, 0.05) is 33.0 Å². The molecule has 2 aromatic rings. The molecule has 25 heavy (non-hydrogen) atoms. The first-order chi connectivity index (χ1) is 12.1. The normalized spacial score (nSPS) is 17.2. The molecule has 0 spiro atoms. The number of aromatic nitrogens is 3. The van der Waals surface area contributed by atoms with Crippen molar-refractivity contribution >= 4 is 11.9 Å². The fraction of sp³-hybridized carbons (Fsp3) is 0.412. The maximum Gasteiger partial charge on any atom is 0.260 e. The van der Waals surface area contributed by atoms with Gasteiger partial charge in [-0.3, -0.25) is 9.78 Å². The second-order valence-electron chi connectivity index (χ2n) is 5.85. The van der Waals surface area contributed by atoms with Crippen molar-refractivity contribution in [1.29, 1.82) is 0 Å². The maximum absolute atomic E-state index is 12.4. The third kappa shape index (κ3) is 4.42. The van der Waals surface area contributed by atoms with Gasteiger partial charge in [-0.15, -0.1) is 0 Å². The molecule has 0 aliphatic carbocycles. The van der Waals surface area contributed by atoms with Crippen LogP contribution in [0.5, 0.6) is 5.75 Å². The number of ether oxygens (including phenoxy) is 2. The van der Waals surface area contributed by atoms with Crippen molar-refractivity contribution in [3.05, 3.63) is 42.5 Å². The van der Waals surface area contributed by atoms with Gasteiger partial charge in [-0.1, -0.05) is 0 Å². The van der Waals surface area contributed by atoms with E-state index >= 15 is 0 Å². The van der Waals surface area contributed by atoms with E-state index in [9.17, 15) is 4.79 Å². The van der Waals surface area contributed by atoms with Crippen LogP contribution in [0.15, 0.2) is 36.8 Å². The lowest BCUT2D eigenvalue weighted by Crippen LogP contribution is -2.44. The van der Waals surface area contributed by atoms with Crippen LogP contribution in [0.2, 0.25) is 0 Å². The number of anilines is 1. The van der Waals surface area contributed by atoms with Crippen molar-refractivity contribution < 1.29 is 14.3 Å². The van der Waals surface area contributed by atoms with Crippen LogP contribution in [-0.2, 0) is 9.53 Å². The van der Waals surface area contributed by atoms with Gasteiger partial charge in [-0.2, -0.15) is 0 Å². The van der Waals surface area contributed by atoms with Crippen LogP contribution in [0.25, 0.3) is 0 Å². The molecule has 1 unspecified atom stereocenters. The number of nitrogens with zero attached hydrogens (tertiary/aromatic N) is 5. The molecular weight excluding hydrogens is 322 g/mol. The Morgan fingerprint density at radius 3 is 3.04 bits per heavy atom. The third-order valence-corrected chi connectivity index (χ3v) is 3.81. The number of pyridine rings is 1. The van der Waals surface area contributed by atoms with Gasteiger partial charge in [0.05, 0.1) is 25.0 Å². The zero-order chi connectivity index (χ0) is 17.6. The van der Waals surface area contributed by atoms with Gasteiger partial charge < -0.3 is 19.3 Å². The highest BCUT2D eigenvalue weighted by Gasteiger charge is 2.27. The van der Waals surface area contributed by atoms with E-state index < -0.39 is 0 Å². The first-order valence-electron chi connectivity index (χ1n) is 8.06. The van der Waals surface area contributed by atoms with Crippen LogP contribution in [0.1, 0.15) is 11.8 Å². The van der Waals surface area contributed by atoms with Gasteiger partial charge in [0.2, 0.25) is 5.95 Å². The SMILES string of the molecule is CN(C)c1nccc(C2CN(C(=O)COc3cccnc3)CCO2)n1. The molecule has 1 amide bonds. The number of hydrogen-bond acceptors (Lipinski definition) is 7. The molecular formula is C17H21N5O3. The quantitative estimate of drug-likeness (QED) is 0.798. The first kappa shape index (κ1) is 17.1. The molecule has 2 aromatic heterocycles. The minimum atomic E-state index is -0.266. The molecule has 0 radical (unpaired) electrons. The molecule has 132 valence electrons. The summed E-state index contributed by atoms with van der Waals surface area (Å²) in [6.07, 6.45) is 4.68. The summed E-state index contributed by atoms with van der Waals surface area (Å²) in [6.45, 7) is 1.42. The largest absolute Gasteiger partial charge is 0.482 e. The summed E-state index contributed by atoms with van der Waals surface area (Å²) in [5, 5.41) is 0. The first-order valence-corrected chi connectivity index (χ1v) is 8.06. The molecule has 1 fully saturated rings. The van der Waals surface area contributed by atoms with E-state index in [1.807, 2.05) is 25.1 Å². The Bertz CT molecular complexity index is 710. The smallest absolute Gasteiger partial charge is 0.260 e. The predicted molar refractivity (Wildman–Crippen MR) is 91.4 cm³/mol. The zero-order valence-corrected chi connectivity index (χ0v) is 14.3. The summed E-state index contributed by atoms with van der Waals surface area (Å²) in [6, 6.07) is 5.35. The average molecular weight is 343 g/mol.